The second kappa shape index (κ2) is 7.77. The molecule has 1 amide bonds. The van der Waals surface area contributed by atoms with Gasteiger partial charge in [0.25, 0.3) is 5.91 Å². The molecule has 1 atom stereocenters. The van der Waals surface area contributed by atoms with Crippen molar-refractivity contribution in [1.29, 1.82) is 0 Å². The molecule has 6 nitrogen and oxygen atoms in total. The number of pyridine rings is 1. The highest BCUT2D eigenvalue weighted by molar-refractivity contribution is 5.94. The van der Waals surface area contributed by atoms with Gasteiger partial charge in [-0.2, -0.15) is 0 Å². The standard InChI is InChI=1S/C16H22N2O4/c1-2-4-12(16(20)21)10-18-15(19)11-7-8-17-14(9-11)22-13-5-3-6-13/h7-9,12-13H,2-6,10H2,1H3,(H,18,19)(H,20,21). The van der Waals surface area contributed by atoms with Crippen LogP contribution >= 0.6 is 0 Å². The number of aliphatic carboxylic acids is 1. The number of amides is 1. The first-order chi connectivity index (χ1) is 10.6. The lowest BCUT2D eigenvalue weighted by atomic mass is 9.96. The highest BCUT2D eigenvalue weighted by atomic mass is 16.5. The Bertz CT molecular complexity index is 529. The highest BCUT2D eigenvalue weighted by Crippen LogP contribution is 2.24. The molecule has 0 bridgehead atoms. The number of hydrogen-bond acceptors (Lipinski definition) is 4. The van der Waals surface area contributed by atoms with E-state index in [0.717, 1.165) is 19.3 Å². The molecule has 1 unspecified atom stereocenters. The summed E-state index contributed by atoms with van der Waals surface area (Å²) in [6.45, 7) is 2.05. The fraction of sp³-hybridized carbons (Fsp3) is 0.562. The van der Waals surface area contributed by atoms with Crippen molar-refractivity contribution < 1.29 is 19.4 Å². The molecule has 1 saturated carbocycles. The van der Waals surface area contributed by atoms with Gasteiger partial charge in [-0.1, -0.05) is 13.3 Å². The summed E-state index contributed by atoms with van der Waals surface area (Å²) < 4.78 is 5.66. The van der Waals surface area contributed by atoms with Gasteiger partial charge >= 0.3 is 5.97 Å². The second-order valence-corrected chi connectivity index (χ2v) is 5.59. The number of nitrogens with one attached hydrogen (secondary N) is 1. The zero-order valence-corrected chi connectivity index (χ0v) is 12.7. The lowest BCUT2D eigenvalue weighted by molar-refractivity contribution is -0.141. The molecule has 1 fully saturated rings. The zero-order valence-electron chi connectivity index (χ0n) is 12.7. The summed E-state index contributed by atoms with van der Waals surface area (Å²) in [6.07, 6.45) is 6.25. The van der Waals surface area contributed by atoms with E-state index >= 15 is 0 Å². The van der Waals surface area contributed by atoms with Crippen molar-refractivity contribution in [2.75, 3.05) is 6.54 Å². The van der Waals surface area contributed by atoms with Crippen LogP contribution in [0.3, 0.4) is 0 Å². The molecule has 120 valence electrons. The molecule has 2 rings (SSSR count). The van der Waals surface area contributed by atoms with Crippen LogP contribution in [-0.4, -0.2) is 34.6 Å². The molecule has 0 saturated heterocycles. The lowest BCUT2D eigenvalue weighted by Crippen LogP contribution is -2.33. The number of nitrogens with zero attached hydrogens (tertiary/aromatic N) is 1. The van der Waals surface area contributed by atoms with Crippen molar-refractivity contribution >= 4 is 11.9 Å². The molecule has 1 aliphatic rings. The normalized spacial score (nSPS) is 15.7. The number of carboxylic acid groups (broad SMARTS) is 1. The third-order valence-corrected chi connectivity index (χ3v) is 3.83. The minimum Gasteiger partial charge on any atom is -0.481 e. The summed E-state index contributed by atoms with van der Waals surface area (Å²) in [7, 11) is 0. The molecule has 1 aromatic rings. The third kappa shape index (κ3) is 4.44. The maximum atomic E-state index is 12.1. The Kier molecular flexibility index (Phi) is 5.75. The van der Waals surface area contributed by atoms with Crippen molar-refractivity contribution in [2.24, 2.45) is 5.92 Å². The van der Waals surface area contributed by atoms with E-state index in [-0.39, 0.29) is 18.6 Å². The summed E-state index contributed by atoms with van der Waals surface area (Å²) in [6, 6.07) is 3.20. The first kappa shape index (κ1) is 16.3. The number of aromatic nitrogens is 1. The number of ether oxygens (including phenoxy) is 1. The smallest absolute Gasteiger partial charge is 0.308 e. The number of carbonyl (C=O) groups excluding carboxylic acids is 1. The van der Waals surface area contributed by atoms with Crippen LogP contribution in [0.25, 0.3) is 0 Å². The summed E-state index contributed by atoms with van der Waals surface area (Å²) in [5.74, 6) is -1.30. The van der Waals surface area contributed by atoms with E-state index < -0.39 is 11.9 Å². The van der Waals surface area contributed by atoms with Gasteiger partial charge in [-0.25, -0.2) is 4.98 Å². The molecule has 1 heterocycles. The fourth-order valence-corrected chi connectivity index (χ4v) is 2.25. The van der Waals surface area contributed by atoms with Crippen LogP contribution in [0.4, 0.5) is 0 Å². The van der Waals surface area contributed by atoms with Crippen LogP contribution in [0.2, 0.25) is 0 Å². The van der Waals surface area contributed by atoms with Crippen molar-refractivity contribution in [1.82, 2.24) is 10.3 Å². The van der Waals surface area contributed by atoms with Crippen LogP contribution in [0.5, 0.6) is 5.88 Å². The summed E-state index contributed by atoms with van der Waals surface area (Å²) in [5, 5.41) is 11.8. The summed E-state index contributed by atoms with van der Waals surface area (Å²) >= 11 is 0. The Labute approximate surface area is 129 Å². The average molecular weight is 306 g/mol. The van der Waals surface area contributed by atoms with Crippen molar-refractivity contribution in [3.05, 3.63) is 23.9 Å². The Balaban J connectivity index is 1.90. The number of carbonyl (C=O) groups is 2. The Morgan fingerprint density at radius 3 is 2.86 bits per heavy atom. The van der Waals surface area contributed by atoms with E-state index in [0.29, 0.717) is 17.9 Å². The third-order valence-electron chi connectivity index (χ3n) is 3.83. The molecule has 0 radical (unpaired) electrons. The Morgan fingerprint density at radius 1 is 1.50 bits per heavy atom. The van der Waals surface area contributed by atoms with E-state index in [9.17, 15) is 9.59 Å². The lowest BCUT2D eigenvalue weighted by Gasteiger charge is -2.25. The average Bonchev–Trinajstić information content (AvgIpc) is 2.47. The van der Waals surface area contributed by atoms with Crippen molar-refractivity contribution in [3.63, 3.8) is 0 Å². The Morgan fingerprint density at radius 2 is 2.27 bits per heavy atom. The molecule has 0 aliphatic heterocycles. The molecule has 22 heavy (non-hydrogen) atoms. The first-order valence-corrected chi connectivity index (χ1v) is 7.74. The van der Waals surface area contributed by atoms with Gasteiger partial charge < -0.3 is 15.2 Å². The number of carboxylic acids is 1. The van der Waals surface area contributed by atoms with Crippen molar-refractivity contribution in [3.8, 4) is 5.88 Å². The summed E-state index contributed by atoms with van der Waals surface area (Å²) in [4.78, 5) is 27.3. The van der Waals surface area contributed by atoms with Gasteiger partial charge in [-0.3, -0.25) is 9.59 Å². The number of rotatable bonds is 8. The maximum Gasteiger partial charge on any atom is 0.308 e. The molecule has 2 N–H and O–H groups in total. The molecule has 1 aromatic heterocycles. The summed E-state index contributed by atoms with van der Waals surface area (Å²) in [5.41, 5.74) is 0.435. The van der Waals surface area contributed by atoms with Gasteiger partial charge in [0, 0.05) is 24.4 Å². The Hall–Kier alpha value is -2.11. The minimum absolute atomic E-state index is 0.128. The first-order valence-electron chi connectivity index (χ1n) is 7.74. The molecule has 6 heteroatoms. The van der Waals surface area contributed by atoms with Gasteiger partial charge in [0.1, 0.15) is 6.10 Å². The monoisotopic (exact) mass is 306 g/mol. The molecule has 1 aliphatic carbocycles. The van der Waals surface area contributed by atoms with E-state index in [1.807, 2.05) is 6.92 Å². The largest absolute Gasteiger partial charge is 0.481 e. The maximum absolute atomic E-state index is 12.1. The van der Waals surface area contributed by atoms with E-state index in [2.05, 4.69) is 10.3 Å². The minimum atomic E-state index is -0.883. The van der Waals surface area contributed by atoms with Crippen LogP contribution in [-0.2, 0) is 4.79 Å². The van der Waals surface area contributed by atoms with Gasteiger partial charge in [-0.05, 0) is 31.7 Å². The van der Waals surface area contributed by atoms with Crippen LogP contribution in [0, 0.1) is 5.92 Å². The predicted octanol–water partition coefficient (Wildman–Crippen LogP) is 2.24. The molecular formula is C16H22N2O4. The second-order valence-electron chi connectivity index (χ2n) is 5.59. The van der Waals surface area contributed by atoms with Crippen LogP contribution < -0.4 is 10.1 Å². The van der Waals surface area contributed by atoms with Gasteiger partial charge in [0.15, 0.2) is 0 Å². The van der Waals surface area contributed by atoms with Crippen LogP contribution in [0.1, 0.15) is 49.4 Å². The van der Waals surface area contributed by atoms with Gasteiger partial charge in [0.05, 0.1) is 5.92 Å². The van der Waals surface area contributed by atoms with E-state index in [1.54, 1.807) is 12.1 Å². The molecule has 0 spiro atoms. The topological polar surface area (TPSA) is 88.5 Å². The molecule has 0 aromatic carbocycles. The zero-order chi connectivity index (χ0) is 15.9. The van der Waals surface area contributed by atoms with E-state index in [4.69, 9.17) is 9.84 Å². The number of hydrogen-bond donors (Lipinski definition) is 2. The fourth-order valence-electron chi connectivity index (χ4n) is 2.25. The highest BCUT2D eigenvalue weighted by Gasteiger charge is 2.21. The quantitative estimate of drug-likeness (QED) is 0.769. The SMILES string of the molecule is CCCC(CNC(=O)c1ccnc(OC2CCC2)c1)C(=O)O. The predicted molar refractivity (Wildman–Crippen MR) is 80.9 cm³/mol. The van der Waals surface area contributed by atoms with Crippen molar-refractivity contribution in [2.45, 2.75) is 45.1 Å². The van der Waals surface area contributed by atoms with E-state index in [1.165, 1.54) is 12.6 Å². The van der Waals surface area contributed by atoms with Gasteiger partial charge in [0.2, 0.25) is 5.88 Å². The van der Waals surface area contributed by atoms with Gasteiger partial charge in [-0.15, -0.1) is 0 Å². The van der Waals surface area contributed by atoms with Crippen LogP contribution in [0.15, 0.2) is 18.3 Å². The molecular weight excluding hydrogens is 284 g/mol.